The second-order valence-electron chi connectivity index (χ2n) is 5.69. The first kappa shape index (κ1) is 14.6. The molecular weight excluding hydrogens is 332 g/mol. The molecule has 0 amide bonds. The Kier molecular flexibility index (Phi) is 3.54. The topological polar surface area (TPSA) is 52.0 Å². The van der Waals surface area contributed by atoms with E-state index < -0.39 is 0 Å². The zero-order chi connectivity index (χ0) is 16.0. The van der Waals surface area contributed by atoms with Gasteiger partial charge in [-0.3, -0.25) is 9.59 Å². The molecule has 0 saturated heterocycles. The molecule has 1 atom stereocenters. The summed E-state index contributed by atoms with van der Waals surface area (Å²) in [5.41, 5.74) is 2.44. The molecule has 0 bridgehead atoms. The van der Waals surface area contributed by atoms with Crippen LogP contribution in [0.1, 0.15) is 34.9 Å². The summed E-state index contributed by atoms with van der Waals surface area (Å²) >= 11 is 7.34. The van der Waals surface area contributed by atoms with Crippen LogP contribution in [0.25, 0.3) is 10.2 Å². The van der Waals surface area contributed by atoms with E-state index >= 15 is 0 Å². The molecule has 116 valence electrons. The van der Waals surface area contributed by atoms with E-state index in [0.29, 0.717) is 29.4 Å². The maximum atomic E-state index is 12.7. The molecule has 4 rings (SSSR count). The largest absolute Gasteiger partial charge is 0.335 e. The van der Waals surface area contributed by atoms with Crippen molar-refractivity contribution in [1.82, 2.24) is 9.55 Å². The molecule has 0 radical (unpaired) electrons. The maximum absolute atomic E-state index is 12.7. The summed E-state index contributed by atoms with van der Waals surface area (Å²) in [5.74, 6) is 0.240. The summed E-state index contributed by atoms with van der Waals surface area (Å²) in [6.45, 7) is 0. The van der Waals surface area contributed by atoms with E-state index in [2.05, 4.69) is 4.98 Å². The Labute approximate surface area is 141 Å². The van der Waals surface area contributed by atoms with Gasteiger partial charge in [-0.2, -0.15) is 0 Å². The average Bonchev–Trinajstić information content (AvgIpc) is 3.13. The van der Waals surface area contributed by atoms with Gasteiger partial charge in [-0.25, -0.2) is 4.98 Å². The van der Waals surface area contributed by atoms with Crippen molar-refractivity contribution in [2.45, 2.75) is 25.3 Å². The van der Waals surface area contributed by atoms with E-state index in [-0.39, 0.29) is 17.6 Å². The normalized spacial score (nSPS) is 17.4. The average molecular weight is 345 g/mol. The highest BCUT2D eigenvalue weighted by Crippen LogP contribution is 2.29. The van der Waals surface area contributed by atoms with Crippen LogP contribution in [0.2, 0.25) is 4.47 Å². The van der Waals surface area contributed by atoms with Crippen molar-refractivity contribution >= 4 is 44.7 Å². The third kappa shape index (κ3) is 2.60. The summed E-state index contributed by atoms with van der Waals surface area (Å²) < 4.78 is 3.31. The van der Waals surface area contributed by atoms with Crippen LogP contribution >= 0.6 is 22.9 Å². The molecule has 1 unspecified atom stereocenters. The van der Waals surface area contributed by atoms with Crippen LogP contribution in [0.4, 0.5) is 0 Å². The zero-order valence-corrected chi connectivity index (χ0v) is 13.7. The van der Waals surface area contributed by atoms with Crippen LogP contribution < -0.4 is 0 Å². The number of rotatable bonds is 3. The zero-order valence-electron chi connectivity index (χ0n) is 12.2. The van der Waals surface area contributed by atoms with Gasteiger partial charge in [0.1, 0.15) is 0 Å². The van der Waals surface area contributed by atoms with Crippen LogP contribution in [-0.4, -0.2) is 21.1 Å². The lowest BCUT2D eigenvalue weighted by Gasteiger charge is -2.24. The number of nitrogens with zero attached hydrogens (tertiary/aromatic N) is 2. The Hall–Kier alpha value is -1.98. The lowest BCUT2D eigenvalue weighted by Crippen LogP contribution is -2.28. The van der Waals surface area contributed by atoms with Gasteiger partial charge in [-0.15, -0.1) is 11.3 Å². The van der Waals surface area contributed by atoms with E-state index in [1.165, 1.54) is 11.3 Å². The molecule has 3 aromatic rings. The number of Topliss-reactive ketones (excluding diaryl/α,β-unsaturated/α-hetero) is 2. The molecule has 1 aromatic carbocycles. The fraction of sp³-hybridized carbons (Fsp3) is 0.235. The predicted molar refractivity (Wildman–Crippen MR) is 90.4 cm³/mol. The first-order valence-electron chi connectivity index (χ1n) is 7.39. The maximum Gasteiger partial charge on any atom is 0.184 e. The SMILES string of the molecule is O=C1CCC(C(=O)Cc2ccc3nc(Cl)sc3c2)n2cccc21. The van der Waals surface area contributed by atoms with E-state index in [0.717, 1.165) is 15.8 Å². The van der Waals surface area contributed by atoms with Gasteiger partial charge in [0.05, 0.1) is 22.0 Å². The van der Waals surface area contributed by atoms with Crippen molar-refractivity contribution < 1.29 is 9.59 Å². The highest BCUT2D eigenvalue weighted by Gasteiger charge is 2.29. The van der Waals surface area contributed by atoms with E-state index in [9.17, 15) is 9.59 Å². The smallest absolute Gasteiger partial charge is 0.184 e. The molecule has 0 fully saturated rings. The molecule has 23 heavy (non-hydrogen) atoms. The molecule has 1 aliphatic heterocycles. The fourth-order valence-electron chi connectivity index (χ4n) is 3.12. The predicted octanol–water partition coefficient (Wildman–Crippen LogP) is 4.08. The molecule has 4 nitrogen and oxygen atoms in total. The summed E-state index contributed by atoms with van der Waals surface area (Å²) in [5, 5.41) is 0. The molecule has 1 aliphatic rings. The lowest BCUT2D eigenvalue weighted by atomic mass is 9.95. The van der Waals surface area contributed by atoms with Crippen molar-refractivity contribution in [2.24, 2.45) is 0 Å². The summed E-state index contributed by atoms with van der Waals surface area (Å²) in [4.78, 5) is 28.8. The number of halogens is 1. The first-order chi connectivity index (χ1) is 11.1. The third-order valence-corrected chi connectivity index (χ3v) is 5.34. The highest BCUT2D eigenvalue weighted by atomic mass is 35.5. The second-order valence-corrected chi connectivity index (χ2v) is 7.30. The fourth-order valence-corrected chi connectivity index (χ4v) is 4.22. The number of ketones is 2. The Bertz CT molecular complexity index is 928. The molecule has 6 heteroatoms. The van der Waals surface area contributed by atoms with Gasteiger partial charge in [-0.05, 0) is 36.2 Å². The third-order valence-electron chi connectivity index (χ3n) is 4.22. The van der Waals surface area contributed by atoms with Crippen LogP contribution in [0, 0.1) is 0 Å². The summed E-state index contributed by atoms with van der Waals surface area (Å²) in [6, 6.07) is 9.14. The molecule has 0 N–H and O–H groups in total. The van der Waals surface area contributed by atoms with Crippen molar-refractivity contribution in [2.75, 3.05) is 0 Å². The number of thiazole rings is 1. The number of fused-ring (bicyclic) bond motifs is 2. The Balaban J connectivity index is 1.60. The van der Waals surface area contributed by atoms with E-state index in [4.69, 9.17) is 11.6 Å². The van der Waals surface area contributed by atoms with Gasteiger partial charge < -0.3 is 4.57 Å². The van der Waals surface area contributed by atoms with Crippen LogP contribution in [-0.2, 0) is 11.2 Å². The number of hydrogen-bond donors (Lipinski definition) is 0. The van der Waals surface area contributed by atoms with Crippen LogP contribution in [0.15, 0.2) is 36.5 Å². The number of benzene rings is 1. The Morgan fingerprint density at radius 1 is 1.39 bits per heavy atom. The standard InChI is InChI=1S/C17H13ClN2O2S/c18-17-19-11-4-3-10(9-16(11)23-17)8-15(22)13-5-6-14(21)12-2-1-7-20(12)13/h1-4,7,9,13H,5-6,8H2. The number of aromatic nitrogens is 2. The minimum absolute atomic E-state index is 0.111. The van der Waals surface area contributed by atoms with Gasteiger partial charge in [0.25, 0.3) is 0 Å². The summed E-state index contributed by atoms with van der Waals surface area (Å²) in [7, 11) is 0. The van der Waals surface area contributed by atoms with Gasteiger partial charge in [0, 0.05) is 19.0 Å². The van der Waals surface area contributed by atoms with E-state index in [1.807, 2.05) is 35.0 Å². The second kappa shape index (κ2) is 5.58. The molecular formula is C17H13ClN2O2S. The minimum atomic E-state index is -0.251. The van der Waals surface area contributed by atoms with Crippen molar-refractivity contribution in [1.29, 1.82) is 0 Å². The summed E-state index contributed by atoms with van der Waals surface area (Å²) in [6.07, 6.45) is 3.18. The van der Waals surface area contributed by atoms with E-state index in [1.54, 1.807) is 6.07 Å². The monoisotopic (exact) mass is 344 g/mol. The van der Waals surface area contributed by atoms with Crippen LogP contribution in [0.3, 0.4) is 0 Å². The quantitative estimate of drug-likeness (QED) is 0.719. The van der Waals surface area contributed by atoms with Gasteiger partial charge >= 0.3 is 0 Å². The Morgan fingerprint density at radius 3 is 3.13 bits per heavy atom. The van der Waals surface area contributed by atoms with Crippen LogP contribution in [0.5, 0.6) is 0 Å². The van der Waals surface area contributed by atoms with Gasteiger partial charge in [-0.1, -0.05) is 17.7 Å². The number of hydrogen-bond acceptors (Lipinski definition) is 4. The van der Waals surface area contributed by atoms with Gasteiger partial charge in [0.15, 0.2) is 16.0 Å². The molecule has 2 aromatic heterocycles. The van der Waals surface area contributed by atoms with Crippen molar-refractivity contribution in [3.05, 3.63) is 52.3 Å². The molecule has 0 aliphatic carbocycles. The Morgan fingerprint density at radius 2 is 2.26 bits per heavy atom. The molecule has 0 spiro atoms. The van der Waals surface area contributed by atoms with Crippen molar-refractivity contribution in [3.63, 3.8) is 0 Å². The minimum Gasteiger partial charge on any atom is -0.335 e. The lowest BCUT2D eigenvalue weighted by molar-refractivity contribution is -0.121. The molecule has 3 heterocycles. The first-order valence-corrected chi connectivity index (χ1v) is 8.59. The number of carbonyl (C=O) groups is 2. The highest BCUT2D eigenvalue weighted by molar-refractivity contribution is 7.22. The van der Waals surface area contributed by atoms with Crippen molar-refractivity contribution in [3.8, 4) is 0 Å². The van der Waals surface area contributed by atoms with Gasteiger partial charge in [0.2, 0.25) is 0 Å². The number of carbonyl (C=O) groups excluding carboxylic acids is 2. The molecule has 0 saturated carbocycles.